The Hall–Kier alpha value is -0.710. The van der Waals surface area contributed by atoms with Crippen LogP contribution in [-0.2, 0) is 9.59 Å². The summed E-state index contributed by atoms with van der Waals surface area (Å²) in [6.07, 6.45) is 1.39. The van der Waals surface area contributed by atoms with Crippen LogP contribution in [0.4, 0.5) is 0 Å². The van der Waals surface area contributed by atoms with Crippen molar-refractivity contribution in [3.8, 4) is 0 Å². The van der Waals surface area contributed by atoms with Gasteiger partial charge in [0.05, 0.1) is 0 Å². The zero-order chi connectivity index (χ0) is 13.0. The van der Waals surface area contributed by atoms with Crippen LogP contribution in [0.5, 0.6) is 0 Å². The lowest BCUT2D eigenvalue weighted by Gasteiger charge is -2.25. The van der Waals surface area contributed by atoms with E-state index in [1.807, 2.05) is 6.92 Å². The van der Waals surface area contributed by atoms with Crippen molar-refractivity contribution in [2.24, 2.45) is 5.92 Å². The van der Waals surface area contributed by atoms with E-state index in [9.17, 15) is 9.59 Å². The molecule has 0 spiro atoms. The van der Waals surface area contributed by atoms with Crippen LogP contribution in [0.1, 0.15) is 33.6 Å². The summed E-state index contributed by atoms with van der Waals surface area (Å²) in [5, 5.41) is 9.53. The first-order chi connectivity index (χ1) is 7.93. The van der Waals surface area contributed by atoms with E-state index >= 15 is 0 Å². The van der Waals surface area contributed by atoms with Crippen molar-refractivity contribution in [2.45, 2.75) is 44.9 Å². The van der Waals surface area contributed by atoms with E-state index in [0.717, 1.165) is 12.2 Å². The van der Waals surface area contributed by atoms with Gasteiger partial charge in [0.1, 0.15) is 6.04 Å². The molecule has 0 bridgehead atoms. The van der Waals surface area contributed by atoms with Gasteiger partial charge in [-0.15, -0.1) is 0 Å². The highest BCUT2D eigenvalue weighted by Gasteiger charge is 2.35. The molecule has 2 atom stereocenters. The van der Waals surface area contributed by atoms with E-state index < -0.39 is 12.0 Å². The van der Waals surface area contributed by atoms with Crippen LogP contribution in [0, 0.1) is 5.92 Å². The Labute approximate surface area is 107 Å². The second kappa shape index (κ2) is 6.28. The Morgan fingerprint density at radius 3 is 2.59 bits per heavy atom. The zero-order valence-corrected chi connectivity index (χ0v) is 11.5. The first kappa shape index (κ1) is 14.4. The molecule has 0 aromatic rings. The number of carboxylic acids is 1. The van der Waals surface area contributed by atoms with Crippen molar-refractivity contribution in [1.29, 1.82) is 0 Å². The molecule has 1 heterocycles. The van der Waals surface area contributed by atoms with Gasteiger partial charge in [-0.1, -0.05) is 20.8 Å². The van der Waals surface area contributed by atoms with E-state index in [1.165, 1.54) is 4.90 Å². The number of hydrogen-bond donors (Lipinski definition) is 1. The van der Waals surface area contributed by atoms with Crippen molar-refractivity contribution in [3.63, 3.8) is 0 Å². The SMILES string of the molecule is CC(C)SCC(C)C(=O)N1CCCC1C(=O)O. The molecule has 0 saturated carbocycles. The Morgan fingerprint density at radius 2 is 2.06 bits per heavy atom. The van der Waals surface area contributed by atoms with Gasteiger partial charge in [0.15, 0.2) is 0 Å². The summed E-state index contributed by atoms with van der Waals surface area (Å²) < 4.78 is 0. The predicted molar refractivity (Wildman–Crippen MR) is 69.1 cm³/mol. The monoisotopic (exact) mass is 259 g/mol. The normalized spacial score (nSPS) is 21.9. The Bertz CT molecular complexity index is 293. The number of carbonyl (C=O) groups excluding carboxylic acids is 1. The first-order valence-electron chi connectivity index (χ1n) is 6.08. The fourth-order valence-electron chi connectivity index (χ4n) is 1.98. The molecule has 0 aromatic carbocycles. The number of amides is 1. The maximum absolute atomic E-state index is 12.1. The Balaban J connectivity index is 2.53. The van der Waals surface area contributed by atoms with Crippen LogP contribution in [0.15, 0.2) is 0 Å². The molecule has 1 aliphatic rings. The molecule has 1 saturated heterocycles. The Morgan fingerprint density at radius 1 is 1.41 bits per heavy atom. The average Bonchev–Trinajstić information content (AvgIpc) is 2.73. The number of nitrogens with zero attached hydrogens (tertiary/aromatic N) is 1. The third kappa shape index (κ3) is 3.91. The van der Waals surface area contributed by atoms with Gasteiger partial charge in [-0.3, -0.25) is 4.79 Å². The topological polar surface area (TPSA) is 57.6 Å². The molecule has 1 fully saturated rings. The molecular weight excluding hydrogens is 238 g/mol. The highest BCUT2D eigenvalue weighted by molar-refractivity contribution is 7.99. The molecule has 98 valence electrons. The number of hydrogen-bond acceptors (Lipinski definition) is 3. The van der Waals surface area contributed by atoms with Crippen molar-refractivity contribution < 1.29 is 14.7 Å². The molecule has 0 radical (unpaired) electrons. The van der Waals surface area contributed by atoms with Crippen LogP contribution >= 0.6 is 11.8 Å². The number of thioether (sulfide) groups is 1. The summed E-state index contributed by atoms with van der Waals surface area (Å²) in [7, 11) is 0. The lowest BCUT2D eigenvalue weighted by Crippen LogP contribution is -2.43. The maximum atomic E-state index is 12.1. The molecular formula is C12H21NO3S. The number of likely N-dealkylation sites (tertiary alicyclic amines) is 1. The van der Waals surface area contributed by atoms with Gasteiger partial charge in [-0.2, -0.15) is 11.8 Å². The lowest BCUT2D eigenvalue weighted by molar-refractivity contribution is -0.149. The number of carboxylic acid groups (broad SMARTS) is 1. The van der Waals surface area contributed by atoms with Crippen LogP contribution in [0.25, 0.3) is 0 Å². The van der Waals surface area contributed by atoms with Crippen molar-refractivity contribution in [2.75, 3.05) is 12.3 Å². The quantitative estimate of drug-likeness (QED) is 0.818. The second-order valence-electron chi connectivity index (χ2n) is 4.81. The lowest BCUT2D eigenvalue weighted by atomic mass is 10.1. The van der Waals surface area contributed by atoms with Crippen molar-refractivity contribution in [3.05, 3.63) is 0 Å². The van der Waals surface area contributed by atoms with Crippen LogP contribution in [0.3, 0.4) is 0 Å². The zero-order valence-electron chi connectivity index (χ0n) is 10.7. The summed E-state index contributed by atoms with van der Waals surface area (Å²) in [6.45, 7) is 6.66. The minimum Gasteiger partial charge on any atom is -0.480 e. The molecule has 2 unspecified atom stereocenters. The summed E-state index contributed by atoms with van der Waals surface area (Å²) in [4.78, 5) is 24.7. The third-order valence-electron chi connectivity index (χ3n) is 2.92. The molecule has 0 aromatic heterocycles. The van der Waals surface area contributed by atoms with E-state index in [4.69, 9.17) is 5.11 Å². The summed E-state index contributed by atoms with van der Waals surface area (Å²) in [5.41, 5.74) is 0. The van der Waals surface area contributed by atoms with Gasteiger partial charge in [-0.25, -0.2) is 4.79 Å². The molecule has 1 N–H and O–H groups in total. The molecule has 5 heteroatoms. The fraction of sp³-hybridized carbons (Fsp3) is 0.833. The molecule has 1 aliphatic heterocycles. The van der Waals surface area contributed by atoms with Gasteiger partial charge in [0.25, 0.3) is 0 Å². The van der Waals surface area contributed by atoms with Gasteiger partial charge in [-0.05, 0) is 18.1 Å². The summed E-state index contributed by atoms with van der Waals surface area (Å²) in [5.74, 6) is -0.218. The van der Waals surface area contributed by atoms with Crippen LogP contribution in [0.2, 0.25) is 0 Å². The number of rotatable bonds is 5. The maximum Gasteiger partial charge on any atom is 0.326 e. The van der Waals surface area contributed by atoms with E-state index in [0.29, 0.717) is 18.2 Å². The van der Waals surface area contributed by atoms with Gasteiger partial charge in [0.2, 0.25) is 5.91 Å². The van der Waals surface area contributed by atoms with E-state index in [1.54, 1.807) is 11.8 Å². The van der Waals surface area contributed by atoms with Crippen molar-refractivity contribution >= 4 is 23.6 Å². The first-order valence-corrected chi connectivity index (χ1v) is 7.13. The Kier molecular flexibility index (Phi) is 5.31. The van der Waals surface area contributed by atoms with E-state index in [2.05, 4.69) is 13.8 Å². The van der Waals surface area contributed by atoms with Crippen LogP contribution in [-0.4, -0.2) is 45.5 Å². The second-order valence-corrected chi connectivity index (χ2v) is 6.42. The highest BCUT2D eigenvalue weighted by Crippen LogP contribution is 2.22. The van der Waals surface area contributed by atoms with Gasteiger partial charge in [0, 0.05) is 18.2 Å². The highest BCUT2D eigenvalue weighted by atomic mass is 32.2. The van der Waals surface area contributed by atoms with E-state index in [-0.39, 0.29) is 11.8 Å². The smallest absolute Gasteiger partial charge is 0.326 e. The molecule has 0 aliphatic carbocycles. The van der Waals surface area contributed by atoms with Crippen molar-refractivity contribution in [1.82, 2.24) is 4.90 Å². The van der Waals surface area contributed by atoms with Gasteiger partial charge < -0.3 is 10.0 Å². The molecule has 17 heavy (non-hydrogen) atoms. The molecule has 1 rings (SSSR count). The summed E-state index contributed by atoms with van der Waals surface area (Å²) in [6, 6.07) is -0.603. The minimum atomic E-state index is -0.875. The number of aliphatic carboxylic acids is 1. The minimum absolute atomic E-state index is 0.0111. The standard InChI is InChI=1S/C12H21NO3S/c1-8(2)17-7-9(3)11(14)13-6-4-5-10(13)12(15)16/h8-10H,4-7H2,1-3H3,(H,15,16). The average molecular weight is 259 g/mol. The largest absolute Gasteiger partial charge is 0.480 e. The number of carbonyl (C=O) groups is 2. The molecule has 1 amide bonds. The summed E-state index contributed by atoms with van der Waals surface area (Å²) >= 11 is 1.74. The fourth-order valence-corrected chi connectivity index (χ4v) is 2.79. The van der Waals surface area contributed by atoms with Crippen LogP contribution < -0.4 is 0 Å². The predicted octanol–water partition coefficient (Wildman–Crippen LogP) is 1.84. The molecule has 4 nitrogen and oxygen atoms in total. The van der Waals surface area contributed by atoms with Gasteiger partial charge >= 0.3 is 5.97 Å². The third-order valence-corrected chi connectivity index (χ3v) is 4.28.